The first kappa shape index (κ1) is 19.2. The van der Waals surface area contributed by atoms with Crippen molar-refractivity contribution in [3.05, 3.63) is 69.8 Å². The Hall–Kier alpha value is -4.14. The predicted molar refractivity (Wildman–Crippen MR) is 109 cm³/mol. The molecule has 0 atom stereocenters. The van der Waals surface area contributed by atoms with Crippen molar-refractivity contribution in [2.75, 3.05) is 0 Å². The molecule has 0 fully saturated rings. The lowest BCUT2D eigenvalue weighted by Crippen LogP contribution is -2.14. The first-order valence-electron chi connectivity index (χ1n) is 9.06. The van der Waals surface area contributed by atoms with Crippen LogP contribution in [0.4, 0.5) is 4.79 Å². The van der Waals surface area contributed by atoms with Crippen molar-refractivity contribution in [2.45, 2.75) is 20.8 Å². The summed E-state index contributed by atoms with van der Waals surface area (Å²) in [5.41, 5.74) is 2.88. The van der Waals surface area contributed by atoms with Gasteiger partial charge in [-0.2, -0.15) is 5.10 Å². The first-order valence-corrected chi connectivity index (χ1v) is 9.06. The Morgan fingerprint density at radius 2 is 1.87 bits per heavy atom. The topological polar surface area (TPSA) is 119 Å². The third kappa shape index (κ3) is 3.60. The Morgan fingerprint density at radius 1 is 1.13 bits per heavy atom. The number of H-pyrrole nitrogens is 1. The van der Waals surface area contributed by atoms with Gasteiger partial charge in [0.25, 0.3) is 5.56 Å². The number of nitrogens with one attached hydrogen (secondary N) is 1. The van der Waals surface area contributed by atoms with Crippen molar-refractivity contribution >= 4 is 17.1 Å². The van der Waals surface area contributed by atoms with Gasteiger partial charge in [-0.25, -0.2) is 14.5 Å². The fourth-order valence-electron chi connectivity index (χ4n) is 3.12. The normalized spacial score (nSPS) is 10.9. The fraction of sp³-hybridized carbons (Fsp3) is 0.143. The van der Waals surface area contributed by atoms with Crippen molar-refractivity contribution in [3.63, 3.8) is 0 Å². The smallest absolute Gasteiger partial charge is 0.457 e. The summed E-state index contributed by atoms with van der Waals surface area (Å²) in [6.07, 6.45) is 1.07. The predicted octanol–water partition coefficient (Wildman–Crippen LogP) is 3.88. The Kier molecular flexibility index (Phi) is 4.71. The lowest BCUT2D eigenvalue weighted by molar-refractivity contribution is 0.144. The maximum Gasteiger partial charge on any atom is 0.511 e. The van der Waals surface area contributed by atoms with Gasteiger partial charge >= 0.3 is 6.16 Å². The molecular formula is C21H18N4O5. The maximum atomic E-state index is 12.7. The second kappa shape index (κ2) is 7.36. The number of para-hydroxylation sites is 1. The highest BCUT2D eigenvalue weighted by atomic mass is 16.7. The van der Waals surface area contributed by atoms with Crippen LogP contribution in [0, 0.1) is 20.8 Å². The molecule has 0 aliphatic heterocycles. The molecule has 0 unspecified atom stereocenters. The number of nitrogens with zero attached hydrogens (tertiary/aromatic N) is 3. The van der Waals surface area contributed by atoms with Crippen LogP contribution >= 0.6 is 0 Å². The van der Waals surface area contributed by atoms with E-state index in [1.165, 1.54) is 17.1 Å². The third-order valence-corrected chi connectivity index (χ3v) is 4.59. The molecule has 0 aliphatic rings. The van der Waals surface area contributed by atoms with Crippen LogP contribution in [0.15, 0.2) is 47.5 Å². The molecule has 0 saturated carbocycles. The van der Waals surface area contributed by atoms with Gasteiger partial charge in [-0.1, -0.05) is 18.2 Å². The number of aromatic amines is 1. The number of rotatable bonds is 4. The second-order valence-electron chi connectivity index (χ2n) is 6.84. The first-order chi connectivity index (χ1) is 14.3. The average molecular weight is 406 g/mol. The molecule has 2 heterocycles. The Morgan fingerprint density at radius 3 is 2.57 bits per heavy atom. The van der Waals surface area contributed by atoms with Gasteiger partial charge in [-0.15, -0.1) is 0 Å². The summed E-state index contributed by atoms with van der Waals surface area (Å²) in [5, 5.41) is 13.0. The summed E-state index contributed by atoms with van der Waals surface area (Å²) < 4.78 is 11.9. The molecule has 9 heteroatoms. The number of fused-ring (bicyclic) bond motifs is 1. The third-order valence-electron chi connectivity index (χ3n) is 4.59. The highest BCUT2D eigenvalue weighted by Gasteiger charge is 2.13. The molecule has 2 aromatic heterocycles. The van der Waals surface area contributed by atoms with Crippen LogP contribution in [0.5, 0.6) is 17.2 Å². The zero-order chi connectivity index (χ0) is 21.4. The van der Waals surface area contributed by atoms with E-state index in [1.54, 1.807) is 12.1 Å². The number of carboxylic acid groups (broad SMARTS) is 1. The molecule has 0 spiro atoms. The van der Waals surface area contributed by atoms with Crippen LogP contribution in [0.1, 0.15) is 16.7 Å². The minimum absolute atomic E-state index is 0.0128. The van der Waals surface area contributed by atoms with E-state index in [-0.39, 0.29) is 17.3 Å². The van der Waals surface area contributed by atoms with E-state index in [1.807, 2.05) is 39.0 Å². The molecular weight excluding hydrogens is 388 g/mol. The van der Waals surface area contributed by atoms with Gasteiger partial charge in [-0.3, -0.25) is 9.78 Å². The summed E-state index contributed by atoms with van der Waals surface area (Å²) in [5.74, 6) is 1.47. The van der Waals surface area contributed by atoms with Gasteiger partial charge in [0.05, 0.1) is 23.3 Å². The Labute approximate surface area is 170 Å². The minimum Gasteiger partial charge on any atom is -0.457 e. The van der Waals surface area contributed by atoms with Crippen molar-refractivity contribution < 1.29 is 19.4 Å². The number of benzene rings is 2. The van der Waals surface area contributed by atoms with Crippen molar-refractivity contribution in [1.82, 2.24) is 19.7 Å². The number of carbonyl (C=O) groups is 1. The quantitative estimate of drug-likeness (QED) is 0.494. The zero-order valence-corrected chi connectivity index (χ0v) is 16.5. The molecule has 2 N–H and O–H groups in total. The highest BCUT2D eigenvalue weighted by Crippen LogP contribution is 2.32. The van der Waals surface area contributed by atoms with E-state index >= 15 is 0 Å². The van der Waals surface area contributed by atoms with E-state index in [0.717, 1.165) is 22.4 Å². The van der Waals surface area contributed by atoms with Crippen molar-refractivity contribution in [3.8, 4) is 23.2 Å². The molecule has 0 amide bonds. The minimum atomic E-state index is -1.46. The fourth-order valence-corrected chi connectivity index (χ4v) is 3.12. The lowest BCUT2D eigenvalue weighted by Gasteiger charge is -2.14. The van der Waals surface area contributed by atoms with E-state index in [2.05, 4.69) is 19.8 Å². The van der Waals surface area contributed by atoms with Crippen molar-refractivity contribution in [1.29, 1.82) is 0 Å². The molecule has 0 aliphatic carbocycles. The summed E-state index contributed by atoms with van der Waals surface area (Å²) in [6.45, 7) is 5.80. The van der Waals surface area contributed by atoms with E-state index in [4.69, 9.17) is 9.84 Å². The monoisotopic (exact) mass is 406 g/mol. The molecule has 0 radical (unpaired) electrons. The van der Waals surface area contributed by atoms with Crippen LogP contribution < -0.4 is 15.0 Å². The number of aryl methyl sites for hydroxylation is 3. The molecule has 30 heavy (non-hydrogen) atoms. The molecule has 2 aromatic carbocycles. The second-order valence-corrected chi connectivity index (χ2v) is 6.84. The molecule has 9 nitrogen and oxygen atoms in total. The van der Waals surface area contributed by atoms with Gasteiger partial charge in [0, 0.05) is 0 Å². The SMILES string of the molecule is Cc1cc2nc(-n3cc(OC(=O)O)cn3)[nH]c(=O)c2cc1Oc1c(C)cccc1C. The maximum absolute atomic E-state index is 12.7. The van der Waals surface area contributed by atoms with Gasteiger partial charge < -0.3 is 14.6 Å². The summed E-state index contributed by atoms with van der Waals surface area (Å²) in [6, 6.07) is 9.31. The molecule has 0 bridgehead atoms. The van der Waals surface area contributed by atoms with Crippen LogP contribution in [-0.2, 0) is 0 Å². The van der Waals surface area contributed by atoms with Crippen LogP contribution in [0.2, 0.25) is 0 Å². The van der Waals surface area contributed by atoms with E-state index in [9.17, 15) is 9.59 Å². The van der Waals surface area contributed by atoms with Crippen LogP contribution in [0.25, 0.3) is 16.9 Å². The number of hydrogen-bond acceptors (Lipinski definition) is 6. The molecule has 0 saturated heterocycles. The Bertz CT molecular complexity index is 1320. The van der Waals surface area contributed by atoms with Crippen molar-refractivity contribution in [2.24, 2.45) is 0 Å². The highest BCUT2D eigenvalue weighted by molar-refractivity contribution is 5.81. The van der Waals surface area contributed by atoms with Crippen LogP contribution in [0.3, 0.4) is 0 Å². The van der Waals surface area contributed by atoms with Gasteiger partial charge in [0.1, 0.15) is 11.5 Å². The summed E-state index contributed by atoms with van der Waals surface area (Å²) >= 11 is 0. The average Bonchev–Trinajstić information content (AvgIpc) is 3.13. The van der Waals surface area contributed by atoms with Gasteiger partial charge in [0.2, 0.25) is 5.95 Å². The molecule has 152 valence electrons. The van der Waals surface area contributed by atoms with E-state index in [0.29, 0.717) is 16.7 Å². The van der Waals surface area contributed by atoms with E-state index < -0.39 is 6.16 Å². The van der Waals surface area contributed by atoms with Gasteiger partial charge in [0.15, 0.2) is 5.75 Å². The lowest BCUT2D eigenvalue weighted by atomic mass is 10.1. The number of aromatic nitrogens is 4. The Balaban J connectivity index is 1.75. The summed E-state index contributed by atoms with van der Waals surface area (Å²) in [7, 11) is 0. The molecule has 4 rings (SSSR count). The number of hydrogen-bond donors (Lipinski definition) is 2. The number of ether oxygens (including phenoxy) is 2. The van der Waals surface area contributed by atoms with Gasteiger partial charge in [-0.05, 0) is 49.6 Å². The largest absolute Gasteiger partial charge is 0.511 e. The van der Waals surface area contributed by atoms with Crippen LogP contribution in [-0.4, -0.2) is 31.0 Å². The summed E-state index contributed by atoms with van der Waals surface area (Å²) in [4.78, 5) is 30.4. The standard InChI is InChI=1S/C21H18N4O5/c1-11-5-4-6-12(2)18(11)30-17-8-15-16(7-13(17)3)23-20(24-19(15)26)25-10-14(9-22-25)29-21(27)28/h4-10H,1-3H3,(H,27,28)(H,23,24,26). The molecule has 4 aromatic rings. The zero-order valence-electron chi connectivity index (χ0n) is 16.5.